The maximum atomic E-state index is 5.74. The van der Waals surface area contributed by atoms with Crippen molar-refractivity contribution in [2.45, 2.75) is 26.2 Å². The molecule has 18 heavy (non-hydrogen) atoms. The number of fused-ring (bicyclic) bond motifs is 1. The Morgan fingerprint density at radius 2 is 2.06 bits per heavy atom. The average Bonchev–Trinajstić information content (AvgIpc) is 2.81. The number of rotatable bonds is 3. The molecule has 1 fully saturated rings. The molecule has 0 saturated carbocycles. The van der Waals surface area contributed by atoms with E-state index in [1.54, 1.807) is 0 Å². The number of nitrogens with zero attached hydrogens (tertiary/aromatic N) is 2. The predicted molar refractivity (Wildman–Crippen MR) is 72.6 cm³/mol. The van der Waals surface area contributed by atoms with Gasteiger partial charge >= 0.3 is 0 Å². The summed E-state index contributed by atoms with van der Waals surface area (Å²) in [6.45, 7) is 5.86. The number of para-hydroxylation sites is 2. The van der Waals surface area contributed by atoms with Gasteiger partial charge in [0, 0.05) is 13.0 Å². The van der Waals surface area contributed by atoms with Crippen molar-refractivity contribution in [2.24, 2.45) is 5.92 Å². The Balaban J connectivity index is 1.59. The Labute approximate surface area is 108 Å². The quantitative estimate of drug-likeness (QED) is 0.830. The minimum absolute atomic E-state index is 0.870. The van der Waals surface area contributed by atoms with Gasteiger partial charge in [-0.3, -0.25) is 0 Å². The molecule has 0 N–H and O–H groups in total. The average molecular weight is 244 g/mol. The Bertz CT molecular complexity index is 479. The van der Waals surface area contributed by atoms with E-state index in [0.29, 0.717) is 0 Å². The third kappa shape index (κ3) is 2.56. The highest BCUT2D eigenvalue weighted by Gasteiger charge is 2.16. The van der Waals surface area contributed by atoms with Crippen LogP contribution in [0.1, 0.15) is 25.7 Å². The minimum atomic E-state index is 0.870. The first-order chi connectivity index (χ1) is 8.81. The van der Waals surface area contributed by atoms with Crippen LogP contribution in [0.5, 0.6) is 0 Å². The van der Waals surface area contributed by atoms with Crippen LogP contribution in [0.4, 0.5) is 0 Å². The summed E-state index contributed by atoms with van der Waals surface area (Å²) in [6, 6.07) is 7.98. The van der Waals surface area contributed by atoms with Crippen molar-refractivity contribution < 1.29 is 4.42 Å². The molecule has 0 radical (unpaired) electrons. The van der Waals surface area contributed by atoms with Crippen LogP contribution in [-0.4, -0.2) is 29.5 Å². The van der Waals surface area contributed by atoms with E-state index < -0.39 is 0 Å². The fraction of sp³-hybridized carbons (Fsp3) is 0.533. The fourth-order valence-electron chi connectivity index (χ4n) is 2.57. The number of piperidine rings is 1. The number of oxazole rings is 1. The lowest BCUT2D eigenvalue weighted by molar-refractivity contribution is 0.191. The summed E-state index contributed by atoms with van der Waals surface area (Å²) < 4.78 is 5.74. The van der Waals surface area contributed by atoms with E-state index in [9.17, 15) is 0 Å². The second-order valence-electron chi connectivity index (χ2n) is 5.35. The Morgan fingerprint density at radius 3 is 2.83 bits per heavy atom. The molecule has 3 heteroatoms. The smallest absolute Gasteiger partial charge is 0.196 e. The molecule has 3 nitrogen and oxygen atoms in total. The van der Waals surface area contributed by atoms with Gasteiger partial charge in [0.05, 0.1) is 0 Å². The highest BCUT2D eigenvalue weighted by atomic mass is 16.3. The zero-order valence-electron chi connectivity index (χ0n) is 10.9. The summed E-state index contributed by atoms with van der Waals surface area (Å²) in [5, 5.41) is 0. The lowest BCUT2D eigenvalue weighted by Crippen LogP contribution is -2.34. The molecule has 96 valence electrons. The van der Waals surface area contributed by atoms with Gasteiger partial charge < -0.3 is 9.32 Å². The van der Waals surface area contributed by atoms with Crippen LogP contribution in [0.3, 0.4) is 0 Å². The Morgan fingerprint density at radius 1 is 1.28 bits per heavy atom. The first-order valence-electron chi connectivity index (χ1n) is 6.88. The van der Waals surface area contributed by atoms with E-state index in [1.165, 1.54) is 25.9 Å². The van der Waals surface area contributed by atoms with E-state index in [2.05, 4.69) is 16.8 Å². The summed E-state index contributed by atoms with van der Waals surface area (Å²) in [4.78, 5) is 7.04. The molecule has 2 aromatic rings. The molecule has 2 heterocycles. The largest absolute Gasteiger partial charge is 0.441 e. The Kier molecular flexibility index (Phi) is 3.33. The predicted octanol–water partition coefficient (Wildman–Crippen LogP) is 3.10. The number of benzene rings is 1. The highest BCUT2D eigenvalue weighted by molar-refractivity contribution is 5.72. The van der Waals surface area contributed by atoms with Gasteiger partial charge in [0.25, 0.3) is 0 Å². The lowest BCUT2D eigenvalue weighted by atomic mass is 9.99. The summed E-state index contributed by atoms with van der Waals surface area (Å²) in [6.07, 6.45) is 3.57. The van der Waals surface area contributed by atoms with Gasteiger partial charge in [-0.05, 0) is 44.0 Å². The zero-order chi connectivity index (χ0) is 12.4. The van der Waals surface area contributed by atoms with Gasteiger partial charge in [-0.2, -0.15) is 0 Å². The van der Waals surface area contributed by atoms with Crippen molar-refractivity contribution in [3.63, 3.8) is 0 Å². The topological polar surface area (TPSA) is 29.3 Å². The monoisotopic (exact) mass is 244 g/mol. The van der Waals surface area contributed by atoms with E-state index in [-0.39, 0.29) is 0 Å². The summed E-state index contributed by atoms with van der Waals surface area (Å²) in [5.74, 6) is 1.76. The Hall–Kier alpha value is -1.35. The summed E-state index contributed by atoms with van der Waals surface area (Å²) in [7, 11) is 0. The molecule has 0 aliphatic carbocycles. The molecule has 0 spiro atoms. The highest BCUT2D eigenvalue weighted by Crippen LogP contribution is 2.18. The first-order valence-corrected chi connectivity index (χ1v) is 6.88. The van der Waals surface area contributed by atoms with Crippen LogP contribution in [0.15, 0.2) is 28.7 Å². The fourth-order valence-corrected chi connectivity index (χ4v) is 2.57. The van der Waals surface area contributed by atoms with Gasteiger partial charge in [0.1, 0.15) is 5.52 Å². The normalized spacial score (nSPS) is 18.5. The number of hydrogen-bond donors (Lipinski definition) is 0. The molecule has 0 atom stereocenters. The van der Waals surface area contributed by atoms with Crippen LogP contribution in [-0.2, 0) is 6.42 Å². The molecule has 1 aromatic carbocycles. The van der Waals surface area contributed by atoms with Crippen molar-refractivity contribution in [1.29, 1.82) is 0 Å². The van der Waals surface area contributed by atoms with Crippen LogP contribution in [0.25, 0.3) is 11.1 Å². The maximum absolute atomic E-state index is 5.74. The van der Waals surface area contributed by atoms with Crippen LogP contribution < -0.4 is 0 Å². The molecule has 1 aliphatic heterocycles. The van der Waals surface area contributed by atoms with Gasteiger partial charge in [-0.1, -0.05) is 19.1 Å². The van der Waals surface area contributed by atoms with Gasteiger partial charge in [0.15, 0.2) is 11.5 Å². The van der Waals surface area contributed by atoms with Crippen LogP contribution >= 0.6 is 0 Å². The second kappa shape index (κ2) is 5.11. The van der Waals surface area contributed by atoms with Gasteiger partial charge in [-0.25, -0.2) is 4.98 Å². The van der Waals surface area contributed by atoms with Gasteiger partial charge in [-0.15, -0.1) is 0 Å². The standard InChI is InChI=1S/C15H20N2O/c1-12-6-9-17(10-7-12)11-8-15-16-13-4-2-3-5-14(13)18-15/h2-5,12H,6-11H2,1H3. The molecular formula is C15H20N2O. The third-order valence-electron chi connectivity index (χ3n) is 3.86. The molecule has 1 saturated heterocycles. The van der Waals surface area contributed by atoms with E-state index >= 15 is 0 Å². The minimum Gasteiger partial charge on any atom is -0.441 e. The molecule has 1 aliphatic rings. The molecular weight excluding hydrogens is 224 g/mol. The SMILES string of the molecule is CC1CCN(CCc2nc3ccccc3o2)CC1. The van der Waals surface area contributed by atoms with Gasteiger partial charge in [0.2, 0.25) is 0 Å². The molecule has 0 bridgehead atoms. The number of hydrogen-bond acceptors (Lipinski definition) is 3. The first kappa shape index (κ1) is 11.7. The summed E-state index contributed by atoms with van der Waals surface area (Å²) in [5.41, 5.74) is 1.87. The van der Waals surface area contributed by atoms with Crippen molar-refractivity contribution in [3.05, 3.63) is 30.2 Å². The van der Waals surface area contributed by atoms with Crippen LogP contribution in [0.2, 0.25) is 0 Å². The van der Waals surface area contributed by atoms with Crippen molar-refractivity contribution in [2.75, 3.05) is 19.6 Å². The maximum Gasteiger partial charge on any atom is 0.196 e. The number of aromatic nitrogens is 1. The molecule has 0 amide bonds. The van der Waals surface area contributed by atoms with E-state index in [0.717, 1.165) is 35.9 Å². The molecule has 0 unspecified atom stereocenters. The second-order valence-corrected chi connectivity index (χ2v) is 5.35. The lowest BCUT2D eigenvalue weighted by Gasteiger charge is -2.29. The third-order valence-corrected chi connectivity index (χ3v) is 3.86. The summed E-state index contributed by atoms with van der Waals surface area (Å²) >= 11 is 0. The van der Waals surface area contributed by atoms with Crippen molar-refractivity contribution >= 4 is 11.1 Å². The van der Waals surface area contributed by atoms with Crippen molar-refractivity contribution in [3.8, 4) is 0 Å². The zero-order valence-corrected chi connectivity index (χ0v) is 10.9. The van der Waals surface area contributed by atoms with E-state index in [4.69, 9.17) is 4.42 Å². The van der Waals surface area contributed by atoms with Crippen LogP contribution in [0, 0.1) is 5.92 Å². The van der Waals surface area contributed by atoms with E-state index in [1.807, 2.05) is 24.3 Å². The van der Waals surface area contributed by atoms with Crippen molar-refractivity contribution in [1.82, 2.24) is 9.88 Å². The number of likely N-dealkylation sites (tertiary alicyclic amines) is 1. The molecule has 3 rings (SSSR count). The molecule has 1 aromatic heterocycles.